The Morgan fingerprint density at radius 1 is 1.25 bits per heavy atom. The molecular formula is C18H19N5O. The molecule has 24 heavy (non-hydrogen) atoms. The lowest BCUT2D eigenvalue weighted by molar-refractivity contribution is 0.395. The van der Waals surface area contributed by atoms with Gasteiger partial charge in [0.05, 0.1) is 23.9 Å². The van der Waals surface area contributed by atoms with Crippen molar-refractivity contribution in [2.45, 2.75) is 19.3 Å². The molecule has 0 fully saturated rings. The van der Waals surface area contributed by atoms with Crippen LogP contribution in [0.2, 0.25) is 0 Å². The lowest BCUT2D eigenvalue weighted by atomic mass is 9.97. The molecule has 3 aromatic heterocycles. The van der Waals surface area contributed by atoms with Gasteiger partial charge in [0.1, 0.15) is 0 Å². The average Bonchev–Trinajstić information content (AvgIpc) is 2.98. The molecule has 6 heteroatoms. The summed E-state index contributed by atoms with van der Waals surface area (Å²) < 4.78 is 7.45. The summed E-state index contributed by atoms with van der Waals surface area (Å²) in [7, 11) is 3.48. The SMILES string of the molecule is CNc1nc2c(c(OC)n1)C(c1ccn3nccc3c1)=CCCC2. The average molecular weight is 321 g/mol. The molecule has 6 nitrogen and oxygen atoms in total. The molecule has 4 rings (SSSR count). The van der Waals surface area contributed by atoms with E-state index < -0.39 is 0 Å². The Morgan fingerprint density at radius 2 is 2.17 bits per heavy atom. The first-order chi connectivity index (χ1) is 11.8. The van der Waals surface area contributed by atoms with E-state index in [2.05, 4.69) is 38.6 Å². The Morgan fingerprint density at radius 3 is 3.00 bits per heavy atom. The summed E-state index contributed by atoms with van der Waals surface area (Å²) in [5, 5.41) is 7.28. The van der Waals surface area contributed by atoms with Crippen LogP contribution in [-0.2, 0) is 6.42 Å². The number of allylic oxidation sites excluding steroid dienone is 1. The predicted molar refractivity (Wildman–Crippen MR) is 93.3 cm³/mol. The topological polar surface area (TPSA) is 64.3 Å². The van der Waals surface area contributed by atoms with Crippen LogP contribution >= 0.6 is 0 Å². The molecule has 0 amide bonds. The van der Waals surface area contributed by atoms with E-state index in [4.69, 9.17) is 4.74 Å². The number of rotatable bonds is 3. The molecule has 0 bridgehead atoms. The van der Waals surface area contributed by atoms with Crippen molar-refractivity contribution in [3.63, 3.8) is 0 Å². The number of nitrogens with one attached hydrogen (secondary N) is 1. The number of aryl methyl sites for hydroxylation is 1. The molecule has 1 aliphatic carbocycles. The van der Waals surface area contributed by atoms with Crippen LogP contribution in [0.5, 0.6) is 5.88 Å². The number of nitrogens with zero attached hydrogens (tertiary/aromatic N) is 4. The molecule has 0 spiro atoms. The second kappa shape index (κ2) is 5.96. The van der Waals surface area contributed by atoms with Crippen molar-refractivity contribution in [2.24, 2.45) is 0 Å². The highest BCUT2D eigenvalue weighted by Crippen LogP contribution is 2.36. The first kappa shape index (κ1) is 14.7. The van der Waals surface area contributed by atoms with Gasteiger partial charge < -0.3 is 10.1 Å². The predicted octanol–water partition coefficient (Wildman–Crippen LogP) is 2.94. The molecule has 3 aromatic rings. The lowest BCUT2D eigenvalue weighted by Gasteiger charge is -2.15. The van der Waals surface area contributed by atoms with Gasteiger partial charge in [0.25, 0.3) is 0 Å². The van der Waals surface area contributed by atoms with Gasteiger partial charge in [0.2, 0.25) is 11.8 Å². The Bertz CT molecular complexity index is 928. The summed E-state index contributed by atoms with van der Waals surface area (Å²) in [5.74, 6) is 1.21. The molecule has 3 heterocycles. The van der Waals surface area contributed by atoms with Gasteiger partial charge in [0, 0.05) is 19.4 Å². The normalized spacial score (nSPS) is 14.0. The van der Waals surface area contributed by atoms with Crippen LogP contribution in [0.1, 0.15) is 29.7 Å². The Balaban J connectivity index is 1.92. The maximum absolute atomic E-state index is 5.59. The number of ether oxygens (including phenoxy) is 1. The highest BCUT2D eigenvalue weighted by Gasteiger charge is 2.21. The monoisotopic (exact) mass is 321 g/mol. The van der Waals surface area contributed by atoms with Crippen molar-refractivity contribution >= 4 is 17.0 Å². The van der Waals surface area contributed by atoms with Crippen molar-refractivity contribution in [1.82, 2.24) is 19.6 Å². The van der Waals surface area contributed by atoms with E-state index in [1.165, 1.54) is 0 Å². The molecule has 0 saturated carbocycles. The van der Waals surface area contributed by atoms with E-state index >= 15 is 0 Å². The van der Waals surface area contributed by atoms with Crippen LogP contribution in [0.15, 0.2) is 36.7 Å². The third-order valence-corrected chi connectivity index (χ3v) is 4.31. The fourth-order valence-corrected chi connectivity index (χ4v) is 3.16. The van der Waals surface area contributed by atoms with Gasteiger partial charge in [-0.15, -0.1) is 0 Å². The largest absolute Gasteiger partial charge is 0.480 e. The second-order valence-electron chi connectivity index (χ2n) is 5.75. The Labute approximate surface area is 140 Å². The highest BCUT2D eigenvalue weighted by atomic mass is 16.5. The van der Waals surface area contributed by atoms with Crippen molar-refractivity contribution in [2.75, 3.05) is 19.5 Å². The van der Waals surface area contributed by atoms with Crippen molar-refractivity contribution in [3.05, 3.63) is 53.5 Å². The van der Waals surface area contributed by atoms with Gasteiger partial charge in [0.15, 0.2) is 0 Å². The van der Waals surface area contributed by atoms with Gasteiger partial charge in [-0.2, -0.15) is 10.1 Å². The van der Waals surface area contributed by atoms with Gasteiger partial charge >= 0.3 is 0 Å². The first-order valence-corrected chi connectivity index (χ1v) is 8.07. The molecule has 1 N–H and O–H groups in total. The summed E-state index contributed by atoms with van der Waals surface area (Å²) in [6.07, 6.45) is 9.03. The minimum absolute atomic E-state index is 0.595. The summed E-state index contributed by atoms with van der Waals surface area (Å²) in [5.41, 5.74) is 5.35. The number of aromatic nitrogens is 4. The highest BCUT2D eigenvalue weighted by molar-refractivity contribution is 5.85. The summed E-state index contributed by atoms with van der Waals surface area (Å²) >= 11 is 0. The van der Waals surface area contributed by atoms with Crippen LogP contribution in [0.3, 0.4) is 0 Å². The van der Waals surface area contributed by atoms with Crippen LogP contribution in [0, 0.1) is 0 Å². The van der Waals surface area contributed by atoms with Gasteiger partial charge in [-0.25, -0.2) is 9.50 Å². The second-order valence-corrected chi connectivity index (χ2v) is 5.75. The number of pyridine rings is 1. The zero-order valence-corrected chi connectivity index (χ0v) is 13.8. The maximum Gasteiger partial charge on any atom is 0.226 e. The maximum atomic E-state index is 5.59. The van der Waals surface area contributed by atoms with Crippen LogP contribution < -0.4 is 10.1 Å². The third kappa shape index (κ3) is 2.40. The zero-order chi connectivity index (χ0) is 16.5. The van der Waals surface area contributed by atoms with Crippen LogP contribution in [-0.4, -0.2) is 33.7 Å². The minimum Gasteiger partial charge on any atom is -0.480 e. The van der Waals surface area contributed by atoms with Crippen LogP contribution in [0.25, 0.3) is 11.1 Å². The molecule has 0 aromatic carbocycles. The van der Waals surface area contributed by atoms with Gasteiger partial charge in [-0.05, 0) is 48.6 Å². The number of hydrogen-bond donors (Lipinski definition) is 1. The Kier molecular flexibility index (Phi) is 3.65. The van der Waals surface area contributed by atoms with E-state index in [0.29, 0.717) is 11.8 Å². The van der Waals surface area contributed by atoms with Crippen molar-refractivity contribution in [1.29, 1.82) is 0 Å². The molecule has 0 saturated heterocycles. The molecule has 0 unspecified atom stereocenters. The first-order valence-electron chi connectivity index (χ1n) is 8.07. The van der Waals surface area contributed by atoms with E-state index in [-0.39, 0.29) is 0 Å². The molecule has 0 aliphatic heterocycles. The fourth-order valence-electron chi connectivity index (χ4n) is 3.16. The molecule has 122 valence electrons. The molecule has 0 radical (unpaired) electrons. The van der Waals surface area contributed by atoms with Crippen molar-refractivity contribution in [3.8, 4) is 5.88 Å². The van der Waals surface area contributed by atoms with E-state index in [1.807, 2.05) is 23.8 Å². The van der Waals surface area contributed by atoms with Crippen molar-refractivity contribution < 1.29 is 4.74 Å². The smallest absolute Gasteiger partial charge is 0.226 e. The van der Waals surface area contributed by atoms with Crippen LogP contribution in [0.4, 0.5) is 5.95 Å². The summed E-state index contributed by atoms with van der Waals surface area (Å²) in [6, 6.07) is 6.21. The minimum atomic E-state index is 0.595. The standard InChI is InChI=1S/C18H19N5O/c1-19-18-21-15-6-4-3-5-14(16(15)17(22-18)24-2)12-8-10-23-13(11-12)7-9-20-23/h5,7-11H,3-4,6H2,1-2H3,(H,19,21,22). The lowest BCUT2D eigenvalue weighted by Crippen LogP contribution is -2.07. The summed E-state index contributed by atoms with van der Waals surface area (Å²) in [6.45, 7) is 0. The molecule has 0 atom stereocenters. The Hall–Kier alpha value is -2.89. The zero-order valence-electron chi connectivity index (χ0n) is 13.8. The molecular weight excluding hydrogens is 302 g/mol. The van der Waals surface area contributed by atoms with Gasteiger partial charge in [-0.3, -0.25) is 0 Å². The summed E-state index contributed by atoms with van der Waals surface area (Å²) in [4.78, 5) is 9.16. The number of methoxy groups -OCH3 is 1. The van der Waals surface area contributed by atoms with E-state index in [9.17, 15) is 0 Å². The quantitative estimate of drug-likeness (QED) is 0.803. The third-order valence-electron chi connectivity index (χ3n) is 4.31. The van der Waals surface area contributed by atoms with E-state index in [1.54, 1.807) is 13.3 Å². The number of anilines is 1. The molecule has 1 aliphatic rings. The number of hydrogen-bond acceptors (Lipinski definition) is 5. The fraction of sp³-hybridized carbons (Fsp3) is 0.278. The van der Waals surface area contributed by atoms with E-state index in [0.717, 1.165) is 47.2 Å². The van der Waals surface area contributed by atoms with Gasteiger partial charge in [-0.1, -0.05) is 6.08 Å². The number of fused-ring (bicyclic) bond motifs is 2.